The third-order valence-electron chi connectivity index (χ3n) is 4.39. The molecule has 144 valence electrons. The maximum Gasteiger partial charge on any atom is 0.161 e. The van der Waals surface area contributed by atoms with Gasteiger partial charge < -0.3 is 13.9 Å². The molecule has 3 rings (SSSR count). The van der Waals surface area contributed by atoms with E-state index in [1.165, 1.54) is 0 Å². The minimum absolute atomic E-state index is 0.0432. The predicted molar refractivity (Wildman–Crippen MR) is 107 cm³/mol. The van der Waals surface area contributed by atoms with Gasteiger partial charge in [0.2, 0.25) is 0 Å². The molecular weight excluding hydrogens is 352 g/mol. The Kier molecular flexibility index (Phi) is 7.11. The molecule has 1 N–H and O–H groups in total. The van der Waals surface area contributed by atoms with Crippen LogP contribution in [0.4, 0.5) is 0 Å². The number of unbranched alkanes of at least 4 members (excludes halogenated alkanes) is 1. The third-order valence-corrected chi connectivity index (χ3v) is 4.39. The Labute approximate surface area is 165 Å². The van der Waals surface area contributed by atoms with E-state index in [0.717, 1.165) is 16.9 Å². The first-order valence-electron chi connectivity index (χ1n) is 9.30. The van der Waals surface area contributed by atoms with Gasteiger partial charge in [-0.25, -0.2) is 0 Å². The van der Waals surface area contributed by atoms with Gasteiger partial charge in [-0.1, -0.05) is 36.4 Å². The van der Waals surface area contributed by atoms with Crippen LogP contribution in [0.25, 0.3) is 0 Å². The van der Waals surface area contributed by atoms with Gasteiger partial charge in [-0.3, -0.25) is 5.32 Å². The van der Waals surface area contributed by atoms with Crippen LogP contribution in [0.2, 0.25) is 0 Å². The topological polar surface area (TPSA) is 67.4 Å². The van der Waals surface area contributed by atoms with Gasteiger partial charge in [-0.2, -0.15) is 5.26 Å². The lowest BCUT2D eigenvalue weighted by molar-refractivity contribution is 0.290. The Balaban J connectivity index is 1.72. The Bertz CT molecular complexity index is 886. The van der Waals surface area contributed by atoms with Gasteiger partial charge in [0.15, 0.2) is 11.5 Å². The molecule has 1 aromatic heterocycles. The molecule has 5 nitrogen and oxygen atoms in total. The largest absolute Gasteiger partial charge is 0.493 e. The number of rotatable bonds is 10. The number of ether oxygens (including phenoxy) is 2. The molecule has 2 aromatic carbocycles. The molecule has 0 amide bonds. The van der Waals surface area contributed by atoms with E-state index in [-0.39, 0.29) is 6.04 Å². The number of benzene rings is 2. The van der Waals surface area contributed by atoms with Crippen molar-refractivity contribution < 1.29 is 13.9 Å². The second kappa shape index (κ2) is 10.2. The second-order valence-electron chi connectivity index (χ2n) is 6.34. The van der Waals surface area contributed by atoms with Gasteiger partial charge in [-0.05, 0) is 41.8 Å². The van der Waals surface area contributed by atoms with Crippen molar-refractivity contribution in [3.8, 4) is 17.6 Å². The maximum atomic E-state index is 8.66. The molecule has 0 aliphatic carbocycles. The summed E-state index contributed by atoms with van der Waals surface area (Å²) in [5.41, 5.74) is 2.21. The molecule has 0 radical (unpaired) electrons. The summed E-state index contributed by atoms with van der Waals surface area (Å²) >= 11 is 0. The standard InChI is InChI=1S/C23H24N2O3/c1-26-20-12-11-18(16-22(20)28-14-6-5-13-24)17-25-23(21-10-7-15-27-21)19-8-3-2-4-9-19/h2-4,7-12,15-16,23,25H,5-6,14,17H2,1H3. The number of hydrogen-bond donors (Lipinski definition) is 1. The van der Waals surface area contributed by atoms with Crippen LogP contribution in [0.3, 0.4) is 0 Å². The highest BCUT2D eigenvalue weighted by Gasteiger charge is 2.16. The molecule has 0 fully saturated rings. The fourth-order valence-corrected chi connectivity index (χ4v) is 2.98. The highest BCUT2D eigenvalue weighted by molar-refractivity contribution is 5.43. The average molecular weight is 376 g/mol. The molecular formula is C23H24N2O3. The van der Waals surface area contributed by atoms with Crippen LogP contribution in [0.1, 0.15) is 35.8 Å². The molecule has 5 heteroatoms. The zero-order valence-electron chi connectivity index (χ0n) is 15.9. The number of nitrogens with zero attached hydrogens (tertiary/aromatic N) is 1. The number of nitriles is 1. The molecule has 1 unspecified atom stereocenters. The zero-order chi connectivity index (χ0) is 19.6. The van der Waals surface area contributed by atoms with E-state index in [9.17, 15) is 0 Å². The van der Waals surface area contributed by atoms with Crippen molar-refractivity contribution in [1.82, 2.24) is 5.32 Å². The average Bonchev–Trinajstić information content (AvgIpc) is 3.27. The van der Waals surface area contributed by atoms with Crippen molar-refractivity contribution in [2.45, 2.75) is 25.4 Å². The molecule has 28 heavy (non-hydrogen) atoms. The van der Waals surface area contributed by atoms with Crippen molar-refractivity contribution in [2.75, 3.05) is 13.7 Å². The smallest absolute Gasteiger partial charge is 0.161 e. The van der Waals surface area contributed by atoms with Crippen LogP contribution in [0, 0.1) is 11.3 Å². The van der Waals surface area contributed by atoms with Gasteiger partial charge >= 0.3 is 0 Å². The molecule has 1 heterocycles. The molecule has 0 saturated heterocycles. The number of nitrogens with one attached hydrogen (secondary N) is 1. The van der Waals surface area contributed by atoms with E-state index in [2.05, 4.69) is 23.5 Å². The summed E-state index contributed by atoms with van der Waals surface area (Å²) in [5, 5.41) is 12.2. The molecule has 0 aliphatic heterocycles. The van der Waals surface area contributed by atoms with Crippen molar-refractivity contribution in [2.24, 2.45) is 0 Å². The fraction of sp³-hybridized carbons (Fsp3) is 0.261. The van der Waals surface area contributed by atoms with Crippen molar-refractivity contribution in [3.05, 3.63) is 83.8 Å². The summed E-state index contributed by atoms with van der Waals surface area (Å²) in [7, 11) is 1.62. The van der Waals surface area contributed by atoms with Crippen molar-refractivity contribution in [1.29, 1.82) is 5.26 Å². The van der Waals surface area contributed by atoms with Gasteiger partial charge in [0.05, 0.1) is 32.1 Å². The van der Waals surface area contributed by atoms with E-state index in [1.807, 2.05) is 48.5 Å². The fourth-order valence-electron chi connectivity index (χ4n) is 2.98. The quantitative estimate of drug-likeness (QED) is 0.512. The molecule has 0 spiro atoms. The lowest BCUT2D eigenvalue weighted by atomic mass is 10.0. The van der Waals surface area contributed by atoms with Gasteiger partial charge in [0.25, 0.3) is 0 Å². The first kappa shape index (κ1) is 19.5. The van der Waals surface area contributed by atoms with Crippen molar-refractivity contribution >= 4 is 0 Å². The SMILES string of the molecule is COc1ccc(CNC(c2ccccc2)c2ccco2)cc1OCCCC#N. The van der Waals surface area contributed by atoms with E-state index >= 15 is 0 Å². The van der Waals surface area contributed by atoms with E-state index in [1.54, 1.807) is 13.4 Å². The minimum Gasteiger partial charge on any atom is -0.493 e. The zero-order valence-corrected chi connectivity index (χ0v) is 15.9. The number of hydrogen-bond acceptors (Lipinski definition) is 5. The van der Waals surface area contributed by atoms with Crippen LogP contribution in [-0.4, -0.2) is 13.7 Å². The van der Waals surface area contributed by atoms with Gasteiger partial charge in [0.1, 0.15) is 5.76 Å². The summed E-state index contributed by atoms with van der Waals surface area (Å²) in [4.78, 5) is 0. The Morgan fingerprint density at radius 1 is 1.07 bits per heavy atom. The van der Waals surface area contributed by atoms with Crippen LogP contribution in [-0.2, 0) is 6.54 Å². The lowest BCUT2D eigenvalue weighted by Gasteiger charge is -2.18. The summed E-state index contributed by atoms with van der Waals surface area (Å²) in [6, 6.07) is 22.1. The molecule has 0 bridgehead atoms. The van der Waals surface area contributed by atoms with Gasteiger partial charge in [0, 0.05) is 13.0 Å². The van der Waals surface area contributed by atoms with Crippen LogP contribution >= 0.6 is 0 Å². The summed E-state index contributed by atoms with van der Waals surface area (Å²) in [6.07, 6.45) is 2.86. The Morgan fingerprint density at radius 2 is 1.93 bits per heavy atom. The van der Waals surface area contributed by atoms with Crippen LogP contribution in [0.15, 0.2) is 71.3 Å². The molecule has 0 aliphatic rings. The van der Waals surface area contributed by atoms with Crippen LogP contribution in [0.5, 0.6) is 11.5 Å². The Morgan fingerprint density at radius 3 is 2.64 bits per heavy atom. The summed E-state index contributed by atoms with van der Waals surface area (Å²) < 4.78 is 16.8. The molecule has 1 atom stereocenters. The van der Waals surface area contributed by atoms with Gasteiger partial charge in [-0.15, -0.1) is 0 Å². The lowest BCUT2D eigenvalue weighted by Crippen LogP contribution is -2.21. The highest BCUT2D eigenvalue weighted by atomic mass is 16.5. The Hall–Kier alpha value is -3.23. The predicted octanol–water partition coefficient (Wildman–Crippen LogP) is 4.85. The molecule has 3 aromatic rings. The highest BCUT2D eigenvalue weighted by Crippen LogP contribution is 2.29. The van der Waals surface area contributed by atoms with Crippen LogP contribution < -0.4 is 14.8 Å². The third kappa shape index (κ3) is 5.15. The monoisotopic (exact) mass is 376 g/mol. The minimum atomic E-state index is -0.0432. The second-order valence-corrected chi connectivity index (χ2v) is 6.34. The maximum absolute atomic E-state index is 8.66. The first-order valence-corrected chi connectivity index (χ1v) is 9.30. The molecule has 0 saturated carbocycles. The van der Waals surface area contributed by atoms with E-state index < -0.39 is 0 Å². The summed E-state index contributed by atoms with van der Waals surface area (Å²) in [6.45, 7) is 1.12. The first-order chi connectivity index (χ1) is 13.8. The van der Waals surface area contributed by atoms with E-state index in [0.29, 0.717) is 37.5 Å². The van der Waals surface area contributed by atoms with Crippen molar-refractivity contribution in [3.63, 3.8) is 0 Å². The van der Waals surface area contributed by atoms with E-state index in [4.69, 9.17) is 19.2 Å². The normalized spacial score (nSPS) is 11.6. The summed E-state index contributed by atoms with van der Waals surface area (Å²) in [5.74, 6) is 2.24. The number of methoxy groups -OCH3 is 1. The number of furan rings is 1.